The molecule has 7 aromatic carbocycles. The lowest BCUT2D eigenvalue weighted by molar-refractivity contribution is -0.112. The van der Waals surface area contributed by atoms with E-state index >= 15 is 14.4 Å². The van der Waals surface area contributed by atoms with E-state index in [1.165, 1.54) is 76.6 Å². The number of aliphatic hydroxyl groups is 1. The minimum Gasteiger partial charge on any atom is -0.512 e. The Morgan fingerprint density at radius 2 is 1.17 bits per heavy atom. The molecular formula is C59H42O18. The maximum atomic E-state index is 15.4. The zero-order chi connectivity index (χ0) is 55.5. The van der Waals surface area contributed by atoms with Crippen molar-refractivity contribution in [2.24, 2.45) is 0 Å². The SMILES string of the molecule is COc1cc(O)c(-c2cc3c(oc(=O)c4cccc(CC(O)=CC(C)=O)c43)c3c2C(c2ccc4c(c2O)C(=O)c2c(O)cc(C)c(-c5c(O)cc(OC)c(C(C)=O)c5O)c2C4=O)c2cccc(O)c2C3=O)c(O)c1C(C)=O. The average molecular weight is 1040 g/mol. The molecule has 8 N–H and O–H groups in total. The van der Waals surface area contributed by atoms with E-state index in [1.54, 1.807) is 0 Å². The summed E-state index contributed by atoms with van der Waals surface area (Å²) in [6.45, 7) is 4.86. The van der Waals surface area contributed by atoms with Crippen LogP contribution in [0.5, 0.6) is 51.7 Å². The number of fused-ring (bicyclic) bond motifs is 8. The van der Waals surface area contributed by atoms with E-state index < -0.39 is 148 Å². The molecule has 1 aromatic heterocycles. The van der Waals surface area contributed by atoms with Gasteiger partial charge in [-0.3, -0.25) is 28.8 Å². The number of phenols is 7. The van der Waals surface area contributed by atoms with Gasteiger partial charge in [0.05, 0.1) is 53.0 Å². The molecule has 18 nitrogen and oxygen atoms in total. The molecule has 0 amide bonds. The minimum absolute atomic E-state index is 0.0532. The maximum Gasteiger partial charge on any atom is 0.344 e. The van der Waals surface area contributed by atoms with Gasteiger partial charge in [0, 0.05) is 63.6 Å². The van der Waals surface area contributed by atoms with Gasteiger partial charge in [-0.25, -0.2) is 4.79 Å². The lowest BCUT2D eigenvalue weighted by atomic mass is 9.69. The monoisotopic (exact) mass is 1040 g/mol. The number of phenolic OH excluding ortho intramolecular Hbond substituents is 7. The van der Waals surface area contributed by atoms with Gasteiger partial charge in [-0.2, -0.15) is 0 Å². The first-order valence-electron chi connectivity index (χ1n) is 23.5. The molecule has 1 heterocycles. The van der Waals surface area contributed by atoms with Crippen LogP contribution in [0, 0.1) is 6.92 Å². The number of benzene rings is 7. The van der Waals surface area contributed by atoms with Crippen molar-refractivity contribution in [3.63, 3.8) is 0 Å². The molecule has 1 unspecified atom stereocenters. The highest BCUT2D eigenvalue weighted by Gasteiger charge is 2.45. The normalized spacial score (nSPS) is 13.8. The zero-order valence-electron chi connectivity index (χ0n) is 41.5. The molecule has 2 aliphatic rings. The standard InChI is InChI=1S/C59H42O18/c1-21-15-34(65)49-50(39(21)48-36(67)20-38(76-6)41(24(4)62)55(48)71)53(69)29-14-13-28(52(68)47(29)57(49)73)43-27-10-8-12-33(64)44(27)56(72)51-46(43)31(45-35(66)19-37(75-5)40(23(3)61)54(45)70)18-32-42-25(17-26(63)16-22(2)60)9-7-11-30(42)59(74)77-58(32)51/h7-16,18-20,43,63-68,70-71H,17H2,1-6H3. The predicted octanol–water partition coefficient (Wildman–Crippen LogP) is 9.02. The van der Waals surface area contributed by atoms with Gasteiger partial charge in [-0.05, 0) is 85.8 Å². The average Bonchev–Trinajstić information content (AvgIpc) is 3.40. The molecule has 8 aromatic rings. The van der Waals surface area contributed by atoms with E-state index in [9.17, 15) is 60.0 Å². The Morgan fingerprint density at radius 1 is 0.571 bits per heavy atom. The van der Waals surface area contributed by atoms with E-state index in [2.05, 4.69) is 0 Å². The summed E-state index contributed by atoms with van der Waals surface area (Å²) in [4.78, 5) is 98.0. The molecule has 1 atom stereocenters. The molecule has 0 aliphatic heterocycles. The minimum atomic E-state index is -1.61. The quantitative estimate of drug-likeness (QED) is 0.0208. The fourth-order valence-electron chi connectivity index (χ4n) is 11.1. The summed E-state index contributed by atoms with van der Waals surface area (Å²) in [5.41, 5.74) is -7.21. The van der Waals surface area contributed by atoms with Gasteiger partial charge < -0.3 is 54.7 Å². The fraction of sp³-hybridized carbons (Fsp3) is 0.136. The van der Waals surface area contributed by atoms with Crippen LogP contribution in [0.15, 0.2) is 93.8 Å². The van der Waals surface area contributed by atoms with Crippen molar-refractivity contribution in [2.75, 3.05) is 14.2 Å². The largest absolute Gasteiger partial charge is 0.512 e. The van der Waals surface area contributed by atoms with Crippen LogP contribution in [-0.4, -0.2) is 89.8 Å². The first-order valence-corrected chi connectivity index (χ1v) is 23.5. The predicted molar refractivity (Wildman–Crippen MR) is 276 cm³/mol. The van der Waals surface area contributed by atoms with Crippen molar-refractivity contribution in [3.8, 4) is 74.0 Å². The van der Waals surface area contributed by atoms with Gasteiger partial charge in [0.2, 0.25) is 11.6 Å². The smallest absolute Gasteiger partial charge is 0.344 e. The number of aromatic hydroxyl groups is 7. The molecule has 2 aliphatic carbocycles. The van der Waals surface area contributed by atoms with Crippen molar-refractivity contribution >= 4 is 56.4 Å². The summed E-state index contributed by atoms with van der Waals surface area (Å²) < 4.78 is 16.6. The second-order valence-electron chi connectivity index (χ2n) is 18.7. The number of carbonyl (C=O) groups excluding carboxylic acids is 6. The summed E-state index contributed by atoms with van der Waals surface area (Å²) in [5, 5.41) is 94.0. The van der Waals surface area contributed by atoms with E-state index in [0.29, 0.717) is 0 Å². The Bertz CT molecular complexity index is 4210. The Kier molecular flexibility index (Phi) is 11.8. The van der Waals surface area contributed by atoms with Gasteiger partial charge in [0.25, 0.3) is 0 Å². The highest BCUT2D eigenvalue weighted by atomic mass is 16.5. The molecule has 0 spiro atoms. The molecule has 386 valence electrons. The van der Waals surface area contributed by atoms with Crippen LogP contribution in [0.2, 0.25) is 0 Å². The number of aryl methyl sites for hydroxylation is 1. The second kappa shape index (κ2) is 18.0. The van der Waals surface area contributed by atoms with Gasteiger partial charge in [0.15, 0.2) is 28.7 Å². The summed E-state index contributed by atoms with van der Waals surface area (Å²) in [6, 6.07) is 15.2. The van der Waals surface area contributed by atoms with Crippen LogP contribution < -0.4 is 15.1 Å². The summed E-state index contributed by atoms with van der Waals surface area (Å²) >= 11 is 0. The number of aliphatic hydroxyl groups excluding tert-OH is 1. The van der Waals surface area contributed by atoms with Crippen molar-refractivity contribution in [3.05, 3.63) is 167 Å². The Balaban J connectivity index is 1.33. The number of Topliss-reactive ketones (excluding diaryl/α,β-unsaturated/α-hetero) is 2. The second-order valence-corrected chi connectivity index (χ2v) is 18.7. The summed E-state index contributed by atoms with van der Waals surface area (Å²) in [6.07, 6.45) is 0.627. The molecule has 18 heteroatoms. The number of hydrogen-bond acceptors (Lipinski definition) is 18. The lowest BCUT2D eigenvalue weighted by Gasteiger charge is -2.33. The molecule has 0 radical (unpaired) electrons. The number of ether oxygens (including phenoxy) is 2. The van der Waals surface area contributed by atoms with E-state index in [-0.39, 0.29) is 78.6 Å². The third-order valence-electron chi connectivity index (χ3n) is 14.1. The zero-order valence-corrected chi connectivity index (χ0v) is 41.5. The van der Waals surface area contributed by atoms with E-state index in [1.807, 2.05) is 0 Å². The third-order valence-corrected chi connectivity index (χ3v) is 14.1. The van der Waals surface area contributed by atoms with Crippen LogP contribution in [0.1, 0.15) is 123 Å². The molecule has 0 saturated carbocycles. The third kappa shape index (κ3) is 7.35. The molecule has 77 heavy (non-hydrogen) atoms. The highest BCUT2D eigenvalue weighted by Crippen LogP contribution is 2.57. The van der Waals surface area contributed by atoms with Crippen LogP contribution in [0.4, 0.5) is 0 Å². The highest BCUT2D eigenvalue weighted by molar-refractivity contribution is 6.33. The number of allylic oxidation sites excluding steroid dienone is 2. The first kappa shape index (κ1) is 50.3. The van der Waals surface area contributed by atoms with Crippen LogP contribution >= 0.6 is 0 Å². The Labute approximate surface area is 434 Å². The van der Waals surface area contributed by atoms with Crippen LogP contribution in [-0.2, 0) is 11.2 Å². The summed E-state index contributed by atoms with van der Waals surface area (Å²) in [5.74, 6) is -12.9. The summed E-state index contributed by atoms with van der Waals surface area (Å²) in [7, 11) is 2.38. The van der Waals surface area contributed by atoms with Gasteiger partial charge >= 0.3 is 5.63 Å². The molecule has 0 bridgehead atoms. The number of hydrogen-bond donors (Lipinski definition) is 8. The van der Waals surface area contributed by atoms with Crippen LogP contribution in [0.3, 0.4) is 0 Å². The Morgan fingerprint density at radius 3 is 1.79 bits per heavy atom. The topological polar surface area (TPSA) is 313 Å². The van der Waals surface area contributed by atoms with Crippen molar-refractivity contribution in [2.45, 2.75) is 40.0 Å². The van der Waals surface area contributed by atoms with E-state index in [0.717, 1.165) is 44.2 Å². The lowest BCUT2D eigenvalue weighted by Crippen LogP contribution is -2.25. The number of carbonyl (C=O) groups is 6. The van der Waals surface area contributed by atoms with Gasteiger partial charge in [-0.15, -0.1) is 0 Å². The number of rotatable bonds is 10. The van der Waals surface area contributed by atoms with Crippen molar-refractivity contribution in [1.82, 2.24) is 0 Å². The molecule has 0 fully saturated rings. The van der Waals surface area contributed by atoms with Gasteiger partial charge in [0.1, 0.15) is 68.6 Å². The first-order chi connectivity index (χ1) is 36.5. The molecule has 0 saturated heterocycles. The molecular weight excluding hydrogens is 997 g/mol. The fourth-order valence-corrected chi connectivity index (χ4v) is 11.1. The van der Waals surface area contributed by atoms with Crippen molar-refractivity contribution < 1.29 is 83.5 Å². The maximum absolute atomic E-state index is 15.4. The molecule has 10 rings (SSSR count). The number of methoxy groups -OCH3 is 2. The van der Waals surface area contributed by atoms with Crippen molar-refractivity contribution in [1.29, 1.82) is 0 Å². The van der Waals surface area contributed by atoms with Gasteiger partial charge in [-0.1, -0.05) is 30.3 Å². The Hall–Kier alpha value is -10.2. The van der Waals surface area contributed by atoms with Crippen LogP contribution in [0.25, 0.3) is 44.0 Å². The van der Waals surface area contributed by atoms with E-state index in [4.69, 9.17) is 13.9 Å². The number of ketones is 6.